The molecule has 0 atom stereocenters. The molecule has 0 saturated carbocycles. The van der Waals surface area contributed by atoms with E-state index in [1.165, 1.54) is 12.1 Å². The zero-order valence-electron chi connectivity index (χ0n) is 14.5. The maximum Gasteiger partial charge on any atom is 0.207 e. The maximum absolute atomic E-state index is 13.0. The molecule has 3 nitrogen and oxygen atoms in total. The van der Waals surface area contributed by atoms with Crippen LogP contribution in [0.3, 0.4) is 0 Å². The number of hydrogen-bond donors (Lipinski definition) is 1. The first-order chi connectivity index (χ1) is 12.5. The molecule has 0 radical (unpaired) electrons. The predicted octanol–water partition coefficient (Wildman–Crippen LogP) is 4.90. The Balaban J connectivity index is 1.82. The van der Waals surface area contributed by atoms with Gasteiger partial charge in [0, 0.05) is 28.4 Å². The lowest BCUT2D eigenvalue weighted by molar-refractivity contribution is 0.627. The van der Waals surface area contributed by atoms with E-state index >= 15 is 0 Å². The molecule has 0 fully saturated rings. The van der Waals surface area contributed by atoms with Crippen LogP contribution in [0, 0.1) is 31.5 Å². The summed E-state index contributed by atoms with van der Waals surface area (Å²) in [6.07, 6.45) is 0. The normalized spacial score (nSPS) is 10.2. The maximum atomic E-state index is 13.0. The minimum absolute atomic E-state index is 0.287. The highest BCUT2D eigenvalue weighted by molar-refractivity contribution is 6.30. The molecule has 1 aromatic heterocycles. The molecular weight excluding hydrogens is 349 g/mol. The van der Waals surface area contributed by atoms with Crippen molar-refractivity contribution in [2.24, 2.45) is 0 Å². The molecule has 0 aliphatic carbocycles. The van der Waals surface area contributed by atoms with Crippen molar-refractivity contribution in [2.75, 3.05) is 5.32 Å². The molecule has 26 heavy (non-hydrogen) atoms. The summed E-state index contributed by atoms with van der Waals surface area (Å²) in [4.78, 5) is 8.92. The number of rotatable bonds is 3. The second-order valence-corrected chi connectivity index (χ2v) is 6.28. The van der Waals surface area contributed by atoms with Gasteiger partial charge in [0.1, 0.15) is 11.6 Å². The van der Waals surface area contributed by atoms with E-state index in [9.17, 15) is 4.39 Å². The Morgan fingerprint density at radius 3 is 2.54 bits per heavy atom. The summed E-state index contributed by atoms with van der Waals surface area (Å²) in [5.74, 6) is 6.77. The van der Waals surface area contributed by atoms with E-state index in [0.29, 0.717) is 23.0 Å². The number of halogens is 2. The quantitative estimate of drug-likeness (QED) is 0.671. The van der Waals surface area contributed by atoms with E-state index in [0.717, 1.165) is 22.6 Å². The van der Waals surface area contributed by atoms with Gasteiger partial charge in [-0.3, -0.25) is 0 Å². The molecule has 0 amide bonds. The summed E-state index contributed by atoms with van der Waals surface area (Å²) in [6, 6.07) is 13.7. The molecule has 5 heteroatoms. The second-order valence-electron chi connectivity index (χ2n) is 5.85. The zero-order chi connectivity index (χ0) is 18.5. The average Bonchev–Trinajstić information content (AvgIpc) is 2.63. The standard InChI is InChI=1S/C21H17ClFN3/c1-14-15(2)25-20(11-8-16-6-9-19(23)10-7-16)26-21(14)24-13-17-4-3-5-18(22)12-17/h3-7,9-10,12H,13H2,1-2H3,(H,24,25,26). The Bertz CT molecular complexity index is 988. The Labute approximate surface area is 157 Å². The van der Waals surface area contributed by atoms with Crippen LogP contribution >= 0.6 is 11.6 Å². The minimum Gasteiger partial charge on any atom is -0.366 e. The van der Waals surface area contributed by atoms with Gasteiger partial charge in [-0.1, -0.05) is 29.7 Å². The number of hydrogen-bond acceptors (Lipinski definition) is 3. The first-order valence-corrected chi connectivity index (χ1v) is 8.50. The van der Waals surface area contributed by atoms with Crippen molar-refractivity contribution in [3.8, 4) is 11.8 Å². The molecule has 2 aromatic carbocycles. The van der Waals surface area contributed by atoms with Crippen LogP contribution in [-0.2, 0) is 6.54 Å². The topological polar surface area (TPSA) is 37.8 Å². The van der Waals surface area contributed by atoms with E-state index in [4.69, 9.17) is 11.6 Å². The van der Waals surface area contributed by atoms with Crippen molar-refractivity contribution in [1.29, 1.82) is 0 Å². The van der Waals surface area contributed by atoms with Crippen LogP contribution in [-0.4, -0.2) is 9.97 Å². The molecule has 0 unspecified atom stereocenters. The molecule has 1 heterocycles. The number of aromatic nitrogens is 2. The van der Waals surface area contributed by atoms with Gasteiger partial charge in [0.2, 0.25) is 5.82 Å². The molecule has 0 saturated heterocycles. The average molecular weight is 366 g/mol. The fourth-order valence-corrected chi connectivity index (χ4v) is 2.56. The van der Waals surface area contributed by atoms with Gasteiger partial charge >= 0.3 is 0 Å². The van der Waals surface area contributed by atoms with E-state index in [1.807, 2.05) is 38.1 Å². The van der Waals surface area contributed by atoms with Gasteiger partial charge in [-0.25, -0.2) is 14.4 Å². The SMILES string of the molecule is Cc1nc(C#Cc2ccc(F)cc2)nc(NCc2cccc(Cl)c2)c1C. The number of anilines is 1. The van der Waals surface area contributed by atoms with Crippen LogP contribution < -0.4 is 5.32 Å². The van der Waals surface area contributed by atoms with E-state index in [1.54, 1.807) is 12.1 Å². The van der Waals surface area contributed by atoms with Crippen molar-refractivity contribution in [3.63, 3.8) is 0 Å². The van der Waals surface area contributed by atoms with Crippen LogP contribution in [0.15, 0.2) is 48.5 Å². The largest absolute Gasteiger partial charge is 0.366 e. The second kappa shape index (κ2) is 7.99. The van der Waals surface area contributed by atoms with Gasteiger partial charge < -0.3 is 5.32 Å². The van der Waals surface area contributed by atoms with Crippen LogP contribution in [0.5, 0.6) is 0 Å². The number of aryl methyl sites for hydroxylation is 1. The molecule has 130 valence electrons. The summed E-state index contributed by atoms with van der Waals surface area (Å²) < 4.78 is 13.0. The summed E-state index contributed by atoms with van der Waals surface area (Å²) >= 11 is 6.02. The van der Waals surface area contributed by atoms with Gasteiger partial charge in [-0.2, -0.15) is 0 Å². The third-order valence-electron chi connectivity index (χ3n) is 3.90. The molecule has 1 N–H and O–H groups in total. The third kappa shape index (κ3) is 4.59. The van der Waals surface area contributed by atoms with Gasteiger partial charge in [-0.05, 0) is 61.7 Å². The van der Waals surface area contributed by atoms with Crippen molar-refractivity contribution < 1.29 is 4.39 Å². The number of benzene rings is 2. The summed E-state index contributed by atoms with van der Waals surface area (Å²) in [5, 5.41) is 4.02. The van der Waals surface area contributed by atoms with E-state index in [2.05, 4.69) is 27.1 Å². The highest BCUT2D eigenvalue weighted by Crippen LogP contribution is 2.17. The van der Waals surface area contributed by atoms with E-state index < -0.39 is 0 Å². The molecule has 0 aliphatic heterocycles. The molecule has 0 aliphatic rings. The van der Waals surface area contributed by atoms with Crippen LogP contribution in [0.4, 0.5) is 10.2 Å². The Morgan fingerprint density at radius 1 is 1.04 bits per heavy atom. The predicted molar refractivity (Wildman–Crippen MR) is 103 cm³/mol. The fourth-order valence-electron chi connectivity index (χ4n) is 2.35. The number of nitrogens with zero attached hydrogens (tertiary/aromatic N) is 2. The summed E-state index contributed by atoms with van der Waals surface area (Å²) in [5.41, 5.74) is 3.60. The monoisotopic (exact) mass is 365 g/mol. The Kier molecular flexibility index (Phi) is 5.50. The van der Waals surface area contributed by atoms with Crippen molar-refractivity contribution in [2.45, 2.75) is 20.4 Å². The lowest BCUT2D eigenvalue weighted by Crippen LogP contribution is -2.07. The highest BCUT2D eigenvalue weighted by Gasteiger charge is 2.07. The fraction of sp³-hybridized carbons (Fsp3) is 0.143. The first-order valence-electron chi connectivity index (χ1n) is 8.12. The lowest BCUT2D eigenvalue weighted by Gasteiger charge is -2.11. The van der Waals surface area contributed by atoms with Crippen molar-refractivity contribution in [3.05, 3.63) is 87.6 Å². The lowest BCUT2D eigenvalue weighted by atomic mass is 10.2. The zero-order valence-corrected chi connectivity index (χ0v) is 15.2. The number of nitrogens with one attached hydrogen (secondary N) is 1. The van der Waals surface area contributed by atoms with Crippen molar-refractivity contribution in [1.82, 2.24) is 9.97 Å². The Morgan fingerprint density at radius 2 is 1.81 bits per heavy atom. The van der Waals surface area contributed by atoms with Gasteiger partial charge in [0.05, 0.1) is 0 Å². The van der Waals surface area contributed by atoms with Crippen LogP contribution in [0.1, 0.15) is 28.2 Å². The van der Waals surface area contributed by atoms with Crippen LogP contribution in [0.25, 0.3) is 0 Å². The van der Waals surface area contributed by atoms with Crippen molar-refractivity contribution >= 4 is 17.4 Å². The first kappa shape index (κ1) is 17.9. The minimum atomic E-state index is -0.287. The summed E-state index contributed by atoms with van der Waals surface area (Å²) in [6.45, 7) is 4.49. The van der Waals surface area contributed by atoms with Crippen LogP contribution in [0.2, 0.25) is 5.02 Å². The molecule has 3 aromatic rings. The smallest absolute Gasteiger partial charge is 0.207 e. The molecular formula is C21H17ClFN3. The molecule has 0 bridgehead atoms. The van der Waals surface area contributed by atoms with Gasteiger partial charge in [0.25, 0.3) is 0 Å². The van der Waals surface area contributed by atoms with E-state index in [-0.39, 0.29) is 5.82 Å². The Hall–Kier alpha value is -2.90. The molecule has 0 spiro atoms. The van der Waals surface area contributed by atoms with Gasteiger partial charge in [0.15, 0.2) is 0 Å². The third-order valence-corrected chi connectivity index (χ3v) is 4.14. The summed E-state index contributed by atoms with van der Waals surface area (Å²) in [7, 11) is 0. The molecule has 3 rings (SSSR count). The highest BCUT2D eigenvalue weighted by atomic mass is 35.5. The van der Waals surface area contributed by atoms with Gasteiger partial charge in [-0.15, -0.1) is 0 Å².